The molecule has 0 radical (unpaired) electrons. The monoisotopic (exact) mass is 320 g/mol. The quantitative estimate of drug-likeness (QED) is 0.768. The van der Waals surface area contributed by atoms with Crippen LogP contribution in [0.1, 0.15) is 5.56 Å². The van der Waals surface area contributed by atoms with Crippen LogP contribution in [0.5, 0.6) is 11.5 Å². The number of pyridine rings is 1. The van der Waals surface area contributed by atoms with Gasteiger partial charge in [-0.15, -0.1) is 0 Å². The lowest BCUT2D eigenvalue weighted by Gasteiger charge is -2.18. The van der Waals surface area contributed by atoms with Gasteiger partial charge in [0.2, 0.25) is 0 Å². The van der Waals surface area contributed by atoms with Crippen LogP contribution in [0.15, 0.2) is 42.6 Å². The van der Waals surface area contributed by atoms with E-state index in [1.165, 1.54) is 0 Å². The lowest BCUT2D eigenvalue weighted by molar-refractivity contribution is -0.132. The van der Waals surface area contributed by atoms with Gasteiger partial charge in [-0.05, 0) is 29.8 Å². The molecular weight excluding hydrogens is 304 g/mol. The molecule has 0 spiro atoms. The van der Waals surface area contributed by atoms with Crippen molar-refractivity contribution in [1.82, 2.24) is 9.88 Å². The van der Waals surface area contributed by atoms with E-state index >= 15 is 0 Å². The zero-order valence-corrected chi connectivity index (χ0v) is 13.2. The van der Waals surface area contributed by atoms with Gasteiger partial charge in [-0.2, -0.15) is 0 Å². The van der Waals surface area contributed by atoms with Crippen molar-refractivity contribution in [3.63, 3.8) is 0 Å². The van der Waals surface area contributed by atoms with Gasteiger partial charge in [-0.1, -0.05) is 23.7 Å². The molecule has 0 bridgehead atoms. The third kappa shape index (κ3) is 4.36. The number of halogens is 1. The van der Waals surface area contributed by atoms with Crippen LogP contribution in [0, 0.1) is 0 Å². The molecule has 1 amide bonds. The van der Waals surface area contributed by atoms with Crippen LogP contribution in [-0.2, 0) is 11.3 Å². The van der Waals surface area contributed by atoms with Crippen molar-refractivity contribution in [2.45, 2.75) is 6.54 Å². The molecule has 0 N–H and O–H groups in total. The minimum atomic E-state index is -0.143. The van der Waals surface area contributed by atoms with Gasteiger partial charge in [0.05, 0.1) is 7.11 Å². The second kappa shape index (κ2) is 7.66. The number of benzene rings is 1. The Labute approximate surface area is 134 Å². The van der Waals surface area contributed by atoms with Gasteiger partial charge in [-0.3, -0.25) is 4.79 Å². The Morgan fingerprint density at radius 1 is 1.27 bits per heavy atom. The molecule has 0 saturated carbocycles. The van der Waals surface area contributed by atoms with E-state index in [1.807, 2.05) is 24.3 Å². The Bertz CT molecular complexity index is 632. The summed E-state index contributed by atoms with van der Waals surface area (Å²) in [5.41, 5.74) is 1.01. The van der Waals surface area contributed by atoms with Crippen LogP contribution < -0.4 is 9.47 Å². The third-order valence-electron chi connectivity index (χ3n) is 3.08. The summed E-state index contributed by atoms with van der Waals surface area (Å²) in [5.74, 6) is 1.04. The Balaban J connectivity index is 1.87. The molecule has 1 aromatic heterocycles. The summed E-state index contributed by atoms with van der Waals surface area (Å²) in [7, 11) is 3.34. The Morgan fingerprint density at radius 2 is 2.00 bits per heavy atom. The Kier molecular flexibility index (Phi) is 5.61. The minimum Gasteiger partial charge on any atom is -0.497 e. The number of carbonyl (C=O) groups is 1. The van der Waals surface area contributed by atoms with Crippen molar-refractivity contribution in [3.05, 3.63) is 53.3 Å². The molecule has 0 fully saturated rings. The van der Waals surface area contributed by atoms with Crippen molar-refractivity contribution in [1.29, 1.82) is 0 Å². The number of nitrogens with zero attached hydrogens (tertiary/aromatic N) is 2. The third-order valence-corrected chi connectivity index (χ3v) is 3.36. The first kappa shape index (κ1) is 16.1. The fourth-order valence-corrected chi connectivity index (χ4v) is 2.00. The number of rotatable bonds is 6. The number of carbonyl (C=O) groups excluding carboxylic acids is 1. The highest BCUT2D eigenvalue weighted by atomic mass is 35.5. The van der Waals surface area contributed by atoms with Gasteiger partial charge in [0.25, 0.3) is 5.91 Å². The molecule has 0 aliphatic heterocycles. The van der Waals surface area contributed by atoms with E-state index in [1.54, 1.807) is 37.4 Å². The standard InChI is InChI=1S/C16H17ClN2O3/c1-19(10-12-5-7-13(21-2)8-6-12)15(20)11-22-14-4-3-9-18-16(14)17/h3-9H,10-11H2,1-2H3. The van der Waals surface area contributed by atoms with Gasteiger partial charge in [0.15, 0.2) is 17.5 Å². The van der Waals surface area contributed by atoms with Crippen molar-refractivity contribution in [3.8, 4) is 11.5 Å². The largest absolute Gasteiger partial charge is 0.497 e. The summed E-state index contributed by atoms with van der Waals surface area (Å²) in [5, 5.41) is 0.244. The molecule has 1 heterocycles. The molecule has 0 aliphatic carbocycles. The number of hydrogen-bond donors (Lipinski definition) is 0. The predicted octanol–water partition coefficient (Wildman–Crippen LogP) is 2.78. The van der Waals surface area contributed by atoms with E-state index in [-0.39, 0.29) is 17.7 Å². The summed E-state index contributed by atoms with van der Waals surface area (Å²) >= 11 is 5.87. The van der Waals surface area contributed by atoms with E-state index in [0.717, 1.165) is 11.3 Å². The van der Waals surface area contributed by atoms with Gasteiger partial charge < -0.3 is 14.4 Å². The van der Waals surface area contributed by atoms with E-state index < -0.39 is 0 Å². The minimum absolute atomic E-state index is 0.0852. The predicted molar refractivity (Wildman–Crippen MR) is 84.2 cm³/mol. The lowest BCUT2D eigenvalue weighted by atomic mass is 10.2. The number of likely N-dealkylation sites (N-methyl/N-ethyl adjacent to an activating group) is 1. The molecule has 0 atom stereocenters. The first-order valence-electron chi connectivity index (χ1n) is 6.70. The topological polar surface area (TPSA) is 51.7 Å². The van der Waals surface area contributed by atoms with Crippen LogP contribution in [-0.4, -0.2) is 36.6 Å². The number of hydrogen-bond acceptors (Lipinski definition) is 4. The van der Waals surface area contributed by atoms with E-state index in [2.05, 4.69) is 4.98 Å². The molecule has 2 aromatic rings. The zero-order chi connectivity index (χ0) is 15.9. The highest BCUT2D eigenvalue weighted by molar-refractivity contribution is 6.30. The number of methoxy groups -OCH3 is 1. The molecule has 2 rings (SSSR count). The normalized spacial score (nSPS) is 10.1. The van der Waals surface area contributed by atoms with E-state index in [0.29, 0.717) is 12.3 Å². The molecule has 6 heteroatoms. The maximum Gasteiger partial charge on any atom is 0.260 e. The van der Waals surface area contributed by atoms with Crippen molar-refractivity contribution in [2.75, 3.05) is 20.8 Å². The summed E-state index contributed by atoms with van der Waals surface area (Å²) in [6.45, 7) is 0.408. The molecular formula is C16H17ClN2O3. The van der Waals surface area contributed by atoms with Crippen LogP contribution in [0.25, 0.3) is 0 Å². The van der Waals surface area contributed by atoms with Gasteiger partial charge >= 0.3 is 0 Å². The molecule has 116 valence electrons. The molecule has 0 saturated heterocycles. The van der Waals surface area contributed by atoms with Crippen molar-refractivity contribution in [2.24, 2.45) is 0 Å². The van der Waals surface area contributed by atoms with Gasteiger partial charge in [-0.25, -0.2) is 4.98 Å². The van der Waals surface area contributed by atoms with Crippen molar-refractivity contribution >= 4 is 17.5 Å². The maximum atomic E-state index is 12.1. The van der Waals surface area contributed by atoms with Crippen LogP contribution in [0.4, 0.5) is 0 Å². The van der Waals surface area contributed by atoms with Crippen molar-refractivity contribution < 1.29 is 14.3 Å². The van der Waals surface area contributed by atoms with E-state index in [9.17, 15) is 4.79 Å². The van der Waals surface area contributed by atoms with Gasteiger partial charge in [0, 0.05) is 19.8 Å². The maximum absolute atomic E-state index is 12.1. The van der Waals surface area contributed by atoms with Crippen LogP contribution >= 0.6 is 11.6 Å². The Morgan fingerprint density at radius 3 is 2.64 bits per heavy atom. The first-order chi connectivity index (χ1) is 10.6. The Hall–Kier alpha value is -2.27. The average molecular weight is 321 g/mol. The first-order valence-corrected chi connectivity index (χ1v) is 7.08. The lowest BCUT2D eigenvalue weighted by Crippen LogP contribution is -2.31. The summed E-state index contributed by atoms with van der Waals surface area (Å²) in [6.07, 6.45) is 1.56. The number of aromatic nitrogens is 1. The average Bonchev–Trinajstić information content (AvgIpc) is 2.54. The fourth-order valence-electron chi connectivity index (χ4n) is 1.82. The zero-order valence-electron chi connectivity index (χ0n) is 12.5. The molecule has 1 aromatic carbocycles. The summed E-state index contributed by atoms with van der Waals surface area (Å²) in [6, 6.07) is 10.9. The summed E-state index contributed by atoms with van der Waals surface area (Å²) in [4.78, 5) is 17.5. The molecule has 0 aliphatic rings. The molecule has 0 unspecified atom stereocenters. The smallest absolute Gasteiger partial charge is 0.260 e. The number of ether oxygens (including phenoxy) is 2. The summed E-state index contributed by atoms with van der Waals surface area (Å²) < 4.78 is 10.5. The fraction of sp³-hybridized carbons (Fsp3) is 0.250. The number of amides is 1. The highest BCUT2D eigenvalue weighted by Gasteiger charge is 2.11. The SMILES string of the molecule is COc1ccc(CN(C)C(=O)COc2cccnc2Cl)cc1. The molecule has 22 heavy (non-hydrogen) atoms. The van der Waals surface area contributed by atoms with Crippen LogP contribution in [0.2, 0.25) is 5.15 Å². The highest BCUT2D eigenvalue weighted by Crippen LogP contribution is 2.20. The second-order valence-electron chi connectivity index (χ2n) is 4.68. The van der Waals surface area contributed by atoms with Gasteiger partial charge in [0.1, 0.15) is 5.75 Å². The van der Waals surface area contributed by atoms with Crippen LogP contribution in [0.3, 0.4) is 0 Å². The molecule has 5 nitrogen and oxygen atoms in total. The van der Waals surface area contributed by atoms with E-state index in [4.69, 9.17) is 21.1 Å². The second-order valence-corrected chi connectivity index (χ2v) is 5.04.